The minimum Gasteiger partial charge on any atom is -0.497 e. The zero-order valence-electron chi connectivity index (χ0n) is 21.8. The van der Waals surface area contributed by atoms with Gasteiger partial charge in [0.25, 0.3) is 0 Å². The number of allylic oxidation sites excluding steroid dienone is 3. The van der Waals surface area contributed by atoms with Crippen molar-refractivity contribution in [1.29, 1.82) is 0 Å². The van der Waals surface area contributed by atoms with Crippen molar-refractivity contribution in [3.05, 3.63) is 118 Å². The number of ketones is 1. The van der Waals surface area contributed by atoms with E-state index in [0.29, 0.717) is 41.2 Å². The highest BCUT2D eigenvalue weighted by atomic mass is 16.5. The Labute approximate surface area is 222 Å². The van der Waals surface area contributed by atoms with Crippen molar-refractivity contribution in [2.75, 3.05) is 14.2 Å². The van der Waals surface area contributed by atoms with E-state index in [2.05, 4.69) is 17.4 Å². The molecule has 3 aromatic rings. The summed E-state index contributed by atoms with van der Waals surface area (Å²) in [7, 11) is 3.16. The fourth-order valence-electron chi connectivity index (χ4n) is 5.44. The molecule has 0 unspecified atom stereocenters. The second-order valence-corrected chi connectivity index (χ2v) is 9.60. The highest BCUT2D eigenvalue weighted by molar-refractivity contribution is 6.04. The van der Waals surface area contributed by atoms with E-state index >= 15 is 0 Å². The Morgan fingerprint density at radius 3 is 2.32 bits per heavy atom. The van der Waals surface area contributed by atoms with Gasteiger partial charge in [0.2, 0.25) is 0 Å². The van der Waals surface area contributed by atoms with Gasteiger partial charge in [-0.25, -0.2) is 4.79 Å². The standard InChI is InChI=1S/C32H31NO5/c1-20-29(32(35)38-19-21-10-6-4-7-11-21)30(25-15-14-24(36-2)18-28(25)37-3)31-26(33-20)16-23(17-27(31)34)22-12-8-5-9-13-22/h4-15,18,23,30,33H,16-17,19H2,1-3H3/t23-,30+/m1/s1. The third-order valence-electron chi connectivity index (χ3n) is 7.28. The van der Waals surface area contributed by atoms with Crippen molar-refractivity contribution in [3.8, 4) is 11.5 Å². The van der Waals surface area contributed by atoms with Crippen LogP contribution in [0.15, 0.2) is 101 Å². The summed E-state index contributed by atoms with van der Waals surface area (Å²) < 4.78 is 16.9. The molecule has 194 valence electrons. The Balaban J connectivity index is 1.57. The highest BCUT2D eigenvalue weighted by Gasteiger charge is 2.42. The molecule has 3 aromatic carbocycles. The van der Waals surface area contributed by atoms with Crippen molar-refractivity contribution in [2.45, 2.75) is 38.2 Å². The molecule has 2 atom stereocenters. The quantitative estimate of drug-likeness (QED) is 0.405. The summed E-state index contributed by atoms with van der Waals surface area (Å²) >= 11 is 0. The molecular weight excluding hydrogens is 478 g/mol. The minimum absolute atomic E-state index is 0.0105. The van der Waals surface area contributed by atoms with Gasteiger partial charge in [0.1, 0.15) is 18.1 Å². The Hall–Kier alpha value is -4.32. The van der Waals surface area contributed by atoms with Gasteiger partial charge in [-0.2, -0.15) is 0 Å². The molecule has 0 amide bonds. The largest absolute Gasteiger partial charge is 0.497 e. The predicted molar refractivity (Wildman–Crippen MR) is 145 cm³/mol. The topological polar surface area (TPSA) is 73.9 Å². The number of benzene rings is 3. The molecule has 1 aliphatic heterocycles. The van der Waals surface area contributed by atoms with Gasteiger partial charge in [0.05, 0.1) is 25.7 Å². The van der Waals surface area contributed by atoms with Gasteiger partial charge in [0, 0.05) is 35.0 Å². The van der Waals surface area contributed by atoms with Crippen LogP contribution in [0.25, 0.3) is 0 Å². The lowest BCUT2D eigenvalue weighted by atomic mass is 9.71. The van der Waals surface area contributed by atoms with E-state index in [4.69, 9.17) is 14.2 Å². The number of esters is 1. The molecule has 0 fully saturated rings. The van der Waals surface area contributed by atoms with Gasteiger partial charge < -0.3 is 19.5 Å². The number of hydrogen-bond acceptors (Lipinski definition) is 6. The first-order chi connectivity index (χ1) is 18.5. The number of methoxy groups -OCH3 is 2. The maximum absolute atomic E-state index is 13.8. The van der Waals surface area contributed by atoms with Gasteiger partial charge in [0.15, 0.2) is 5.78 Å². The second kappa shape index (κ2) is 11.0. The summed E-state index contributed by atoms with van der Waals surface area (Å²) in [4.78, 5) is 27.5. The number of ether oxygens (including phenoxy) is 3. The SMILES string of the molecule is COc1ccc([C@H]2C(C(=O)OCc3ccccc3)=C(C)NC3=C2C(=O)C[C@H](c2ccccc2)C3)c(OC)c1. The number of dihydropyridines is 1. The lowest BCUT2D eigenvalue weighted by molar-refractivity contribution is -0.140. The fourth-order valence-corrected chi connectivity index (χ4v) is 5.44. The first-order valence-electron chi connectivity index (χ1n) is 12.7. The molecule has 2 aliphatic rings. The zero-order chi connectivity index (χ0) is 26.6. The fraction of sp³-hybridized carbons (Fsp3) is 0.250. The van der Waals surface area contributed by atoms with Crippen LogP contribution < -0.4 is 14.8 Å². The summed E-state index contributed by atoms with van der Waals surface area (Å²) in [5.41, 5.74) is 5.26. The van der Waals surface area contributed by atoms with E-state index < -0.39 is 11.9 Å². The summed E-state index contributed by atoms with van der Waals surface area (Å²) in [6.45, 7) is 2.00. The van der Waals surface area contributed by atoms with Gasteiger partial charge >= 0.3 is 5.97 Å². The minimum atomic E-state index is -0.625. The molecule has 6 heteroatoms. The van der Waals surface area contributed by atoms with E-state index in [1.165, 1.54) is 0 Å². The van der Waals surface area contributed by atoms with Crippen molar-refractivity contribution in [2.24, 2.45) is 0 Å². The molecule has 0 saturated carbocycles. The molecular formula is C32H31NO5. The maximum Gasteiger partial charge on any atom is 0.337 e. The van der Waals surface area contributed by atoms with E-state index in [0.717, 1.165) is 22.4 Å². The van der Waals surface area contributed by atoms with Crippen LogP contribution in [-0.2, 0) is 20.9 Å². The van der Waals surface area contributed by atoms with Crippen LogP contribution in [0.3, 0.4) is 0 Å². The molecule has 0 radical (unpaired) electrons. The van der Waals surface area contributed by atoms with Crippen LogP contribution in [-0.4, -0.2) is 26.0 Å². The van der Waals surface area contributed by atoms with Crippen molar-refractivity contribution in [1.82, 2.24) is 5.32 Å². The van der Waals surface area contributed by atoms with Crippen LogP contribution in [0.4, 0.5) is 0 Å². The van der Waals surface area contributed by atoms with Crippen molar-refractivity contribution < 1.29 is 23.8 Å². The van der Waals surface area contributed by atoms with Crippen LogP contribution in [0.1, 0.15) is 48.3 Å². The van der Waals surface area contributed by atoms with Gasteiger partial charge in [-0.15, -0.1) is 0 Å². The Morgan fingerprint density at radius 2 is 1.63 bits per heavy atom. The van der Waals surface area contributed by atoms with Gasteiger partial charge in [-0.05, 0) is 36.5 Å². The number of carbonyl (C=O) groups is 2. The summed E-state index contributed by atoms with van der Waals surface area (Å²) in [6, 6.07) is 25.1. The Kier molecular flexibility index (Phi) is 7.31. The normalized spacial score (nSPS) is 19.0. The lowest BCUT2D eigenvalue weighted by Crippen LogP contribution is -2.36. The summed E-state index contributed by atoms with van der Waals surface area (Å²) in [6.07, 6.45) is 1.04. The summed E-state index contributed by atoms with van der Waals surface area (Å²) in [5.74, 6) is 0.152. The first kappa shape index (κ1) is 25.3. The maximum atomic E-state index is 13.8. The van der Waals surface area contributed by atoms with Crippen molar-refractivity contribution >= 4 is 11.8 Å². The molecule has 38 heavy (non-hydrogen) atoms. The number of rotatable bonds is 7. The van der Waals surface area contributed by atoms with E-state index in [-0.39, 0.29) is 18.3 Å². The number of nitrogens with one attached hydrogen (secondary N) is 1. The van der Waals surface area contributed by atoms with Crippen molar-refractivity contribution in [3.63, 3.8) is 0 Å². The third kappa shape index (κ3) is 4.94. The molecule has 0 spiro atoms. The molecule has 1 heterocycles. The monoisotopic (exact) mass is 509 g/mol. The van der Waals surface area contributed by atoms with Crippen LogP contribution in [0.5, 0.6) is 11.5 Å². The van der Waals surface area contributed by atoms with Crippen LogP contribution in [0, 0.1) is 0 Å². The van der Waals surface area contributed by atoms with E-state index in [1.54, 1.807) is 20.3 Å². The molecule has 1 N–H and O–H groups in total. The molecule has 0 aromatic heterocycles. The molecule has 0 saturated heterocycles. The molecule has 0 bridgehead atoms. The summed E-state index contributed by atoms with van der Waals surface area (Å²) in [5, 5.41) is 3.41. The van der Waals surface area contributed by atoms with Gasteiger partial charge in [-0.1, -0.05) is 66.7 Å². The molecule has 6 nitrogen and oxygen atoms in total. The van der Waals surface area contributed by atoms with Crippen LogP contribution in [0.2, 0.25) is 0 Å². The average Bonchev–Trinajstić information content (AvgIpc) is 2.95. The second-order valence-electron chi connectivity index (χ2n) is 9.60. The number of hydrogen-bond donors (Lipinski definition) is 1. The average molecular weight is 510 g/mol. The predicted octanol–water partition coefficient (Wildman–Crippen LogP) is 5.81. The highest BCUT2D eigenvalue weighted by Crippen LogP contribution is 2.48. The smallest absolute Gasteiger partial charge is 0.337 e. The number of carbonyl (C=O) groups excluding carboxylic acids is 2. The Bertz CT molecular complexity index is 1410. The Morgan fingerprint density at radius 1 is 0.921 bits per heavy atom. The lowest BCUT2D eigenvalue weighted by Gasteiger charge is -2.37. The zero-order valence-corrected chi connectivity index (χ0v) is 21.8. The number of Topliss-reactive ketones (excluding diaryl/α,β-unsaturated/α-hetero) is 1. The molecule has 5 rings (SSSR count). The van der Waals surface area contributed by atoms with E-state index in [1.807, 2.05) is 67.6 Å². The van der Waals surface area contributed by atoms with Gasteiger partial charge in [-0.3, -0.25) is 4.79 Å². The third-order valence-corrected chi connectivity index (χ3v) is 7.28. The first-order valence-corrected chi connectivity index (χ1v) is 12.7. The molecule has 1 aliphatic carbocycles. The van der Waals surface area contributed by atoms with E-state index in [9.17, 15) is 9.59 Å². The van der Waals surface area contributed by atoms with Crippen LogP contribution >= 0.6 is 0 Å².